The zero-order chi connectivity index (χ0) is 12.1. The molecule has 0 aromatic carbocycles. The molecule has 1 saturated heterocycles. The SMILES string of the molecule is CCOC(CN1CCC(C)CC1C)C(=O)O. The average molecular weight is 229 g/mol. The van der Waals surface area contributed by atoms with E-state index in [9.17, 15) is 4.79 Å². The number of likely N-dealkylation sites (tertiary alicyclic amines) is 1. The summed E-state index contributed by atoms with van der Waals surface area (Å²) >= 11 is 0. The molecule has 0 bridgehead atoms. The summed E-state index contributed by atoms with van der Waals surface area (Å²) in [6.45, 7) is 8.20. The van der Waals surface area contributed by atoms with Gasteiger partial charge in [0.2, 0.25) is 0 Å². The normalized spacial score (nSPS) is 28.9. The van der Waals surface area contributed by atoms with Crippen LogP contribution in [0.2, 0.25) is 0 Å². The second-order valence-corrected chi connectivity index (χ2v) is 4.76. The van der Waals surface area contributed by atoms with Gasteiger partial charge < -0.3 is 9.84 Å². The highest BCUT2D eigenvalue weighted by Gasteiger charge is 2.28. The van der Waals surface area contributed by atoms with Crippen LogP contribution in [-0.4, -0.2) is 47.8 Å². The summed E-state index contributed by atoms with van der Waals surface area (Å²) in [7, 11) is 0. The van der Waals surface area contributed by atoms with Gasteiger partial charge in [-0.1, -0.05) is 6.92 Å². The lowest BCUT2D eigenvalue weighted by atomic mass is 9.93. The van der Waals surface area contributed by atoms with E-state index in [-0.39, 0.29) is 0 Å². The lowest BCUT2D eigenvalue weighted by molar-refractivity contribution is -0.152. The Bertz CT molecular complexity index is 232. The Morgan fingerprint density at radius 2 is 2.25 bits per heavy atom. The first-order valence-corrected chi connectivity index (χ1v) is 6.13. The van der Waals surface area contributed by atoms with Gasteiger partial charge in [-0.2, -0.15) is 0 Å². The molecule has 16 heavy (non-hydrogen) atoms. The maximum absolute atomic E-state index is 11.0. The first-order valence-electron chi connectivity index (χ1n) is 6.13. The second kappa shape index (κ2) is 6.21. The molecule has 0 spiro atoms. The number of ether oxygens (including phenoxy) is 1. The first-order chi connectivity index (χ1) is 7.54. The predicted octanol–water partition coefficient (Wildman–Crippen LogP) is 1.60. The van der Waals surface area contributed by atoms with E-state index in [1.54, 1.807) is 0 Å². The highest BCUT2D eigenvalue weighted by molar-refractivity contribution is 5.72. The monoisotopic (exact) mass is 229 g/mol. The van der Waals surface area contributed by atoms with Crippen molar-refractivity contribution in [2.45, 2.75) is 45.8 Å². The van der Waals surface area contributed by atoms with Gasteiger partial charge in [0.1, 0.15) is 0 Å². The van der Waals surface area contributed by atoms with E-state index in [0.717, 1.165) is 25.3 Å². The van der Waals surface area contributed by atoms with E-state index < -0.39 is 12.1 Å². The van der Waals surface area contributed by atoms with E-state index in [1.807, 2.05) is 6.92 Å². The Kier molecular flexibility index (Phi) is 5.22. The molecule has 0 radical (unpaired) electrons. The number of nitrogens with zero attached hydrogens (tertiary/aromatic N) is 1. The van der Waals surface area contributed by atoms with Crippen molar-refractivity contribution in [1.82, 2.24) is 4.90 Å². The summed E-state index contributed by atoms with van der Waals surface area (Å²) in [6.07, 6.45) is 1.63. The van der Waals surface area contributed by atoms with E-state index >= 15 is 0 Å². The van der Waals surface area contributed by atoms with Gasteiger partial charge in [0.05, 0.1) is 0 Å². The molecule has 0 saturated carbocycles. The van der Waals surface area contributed by atoms with Crippen LogP contribution in [0.15, 0.2) is 0 Å². The van der Waals surface area contributed by atoms with Crippen molar-refractivity contribution < 1.29 is 14.6 Å². The topological polar surface area (TPSA) is 49.8 Å². The third kappa shape index (κ3) is 3.76. The van der Waals surface area contributed by atoms with Crippen molar-refractivity contribution in [3.63, 3.8) is 0 Å². The Morgan fingerprint density at radius 3 is 2.75 bits per heavy atom. The fraction of sp³-hybridized carbons (Fsp3) is 0.917. The highest BCUT2D eigenvalue weighted by Crippen LogP contribution is 2.22. The Balaban J connectivity index is 2.47. The van der Waals surface area contributed by atoms with Crippen LogP contribution >= 0.6 is 0 Å². The average Bonchev–Trinajstić information content (AvgIpc) is 2.20. The van der Waals surface area contributed by atoms with Crippen LogP contribution in [0.1, 0.15) is 33.6 Å². The van der Waals surface area contributed by atoms with Crippen molar-refractivity contribution >= 4 is 5.97 Å². The molecule has 4 nitrogen and oxygen atoms in total. The molecule has 0 amide bonds. The Labute approximate surface area is 97.6 Å². The van der Waals surface area contributed by atoms with Crippen molar-refractivity contribution in [3.05, 3.63) is 0 Å². The van der Waals surface area contributed by atoms with Crippen LogP contribution in [0.4, 0.5) is 0 Å². The minimum Gasteiger partial charge on any atom is -0.479 e. The minimum atomic E-state index is -0.854. The number of piperidine rings is 1. The van der Waals surface area contributed by atoms with E-state index in [4.69, 9.17) is 9.84 Å². The number of rotatable bonds is 5. The number of carboxylic acid groups (broad SMARTS) is 1. The van der Waals surface area contributed by atoms with E-state index in [2.05, 4.69) is 18.7 Å². The number of hydrogen-bond donors (Lipinski definition) is 1. The molecule has 1 aliphatic heterocycles. The molecule has 0 aromatic heterocycles. The molecular weight excluding hydrogens is 206 g/mol. The zero-order valence-corrected chi connectivity index (χ0v) is 10.5. The second-order valence-electron chi connectivity index (χ2n) is 4.76. The van der Waals surface area contributed by atoms with Crippen LogP contribution in [0.25, 0.3) is 0 Å². The summed E-state index contributed by atoms with van der Waals surface area (Å²) < 4.78 is 5.24. The van der Waals surface area contributed by atoms with Crippen LogP contribution in [0.5, 0.6) is 0 Å². The van der Waals surface area contributed by atoms with Gasteiger partial charge in [0.25, 0.3) is 0 Å². The lowest BCUT2D eigenvalue weighted by Crippen LogP contribution is -2.46. The minimum absolute atomic E-state index is 0.454. The van der Waals surface area contributed by atoms with Crippen molar-refractivity contribution in [3.8, 4) is 0 Å². The molecule has 1 fully saturated rings. The lowest BCUT2D eigenvalue weighted by Gasteiger charge is -2.37. The number of aliphatic carboxylic acids is 1. The summed E-state index contributed by atoms with van der Waals surface area (Å²) in [4.78, 5) is 13.2. The van der Waals surface area contributed by atoms with Gasteiger partial charge in [0.15, 0.2) is 6.10 Å². The smallest absolute Gasteiger partial charge is 0.334 e. The fourth-order valence-electron chi connectivity index (χ4n) is 2.34. The quantitative estimate of drug-likeness (QED) is 0.778. The third-order valence-electron chi connectivity index (χ3n) is 3.32. The maximum atomic E-state index is 11.0. The summed E-state index contributed by atoms with van der Waals surface area (Å²) in [5.41, 5.74) is 0. The maximum Gasteiger partial charge on any atom is 0.334 e. The fourth-order valence-corrected chi connectivity index (χ4v) is 2.34. The molecule has 1 N–H and O–H groups in total. The molecule has 94 valence electrons. The molecule has 0 aromatic rings. The molecule has 4 heteroatoms. The molecular formula is C12H23NO3. The largest absolute Gasteiger partial charge is 0.479 e. The first kappa shape index (κ1) is 13.5. The standard InChI is InChI=1S/C12H23NO3/c1-4-16-11(12(14)15)8-13-6-5-9(2)7-10(13)3/h9-11H,4-8H2,1-3H3,(H,14,15). The van der Waals surface area contributed by atoms with Crippen molar-refractivity contribution in [1.29, 1.82) is 0 Å². The van der Waals surface area contributed by atoms with E-state index in [0.29, 0.717) is 19.2 Å². The predicted molar refractivity (Wildman–Crippen MR) is 62.5 cm³/mol. The van der Waals surface area contributed by atoms with Gasteiger partial charge in [-0.15, -0.1) is 0 Å². The van der Waals surface area contributed by atoms with Gasteiger partial charge >= 0.3 is 5.97 Å². The Morgan fingerprint density at radius 1 is 1.56 bits per heavy atom. The molecule has 3 unspecified atom stereocenters. The number of carbonyl (C=O) groups is 1. The van der Waals surface area contributed by atoms with Crippen LogP contribution < -0.4 is 0 Å². The molecule has 3 atom stereocenters. The van der Waals surface area contributed by atoms with Crippen LogP contribution in [0, 0.1) is 5.92 Å². The highest BCUT2D eigenvalue weighted by atomic mass is 16.5. The number of carboxylic acids is 1. The Hall–Kier alpha value is -0.610. The van der Waals surface area contributed by atoms with Gasteiger partial charge in [-0.05, 0) is 39.2 Å². The molecule has 0 aliphatic carbocycles. The third-order valence-corrected chi connectivity index (χ3v) is 3.32. The molecule has 1 heterocycles. The molecule has 1 aliphatic rings. The zero-order valence-electron chi connectivity index (χ0n) is 10.5. The van der Waals surface area contributed by atoms with Crippen LogP contribution in [0.3, 0.4) is 0 Å². The number of hydrogen-bond acceptors (Lipinski definition) is 3. The summed E-state index contributed by atoms with van der Waals surface area (Å²) in [5, 5.41) is 9.02. The molecule has 1 rings (SSSR count). The van der Waals surface area contributed by atoms with E-state index in [1.165, 1.54) is 0 Å². The van der Waals surface area contributed by atoms with Crippen molar-refractivity contribution in [2.24, 2.45) is 5.92 Å². The van der Waals surface area contributed by atoms with Crippen molar-refractivity contribution in [2.75, 3.05) is 19.7 Å². The van der Waals surface area contributed by atoms with Crippen LogP contribution in [-0.2, 0) is 9.53 Å². The van der Waals surface area contributed by atoms with Gasteiger partial charge in [-0.25, -0.2) is 4.79 Å². The van der Waals surface area contributed by atoms with Gasteiger partial charge in [0, 0.05) is 19.2 Å². The summed E-state index contributed by atoms with van der Waals surface area (Å²) in [6, 6.07) is 0.464. The summed E-state index contributed by atoms with van der Waals surface area (Å²) in [5.74, 6) is -0.103. The van der Waals surface area contributed by atoms with Gasteiger partial charge in [-0.3, -0.25) is 4.90 Å².